The van der Waals surface area contributed by atoms with E-state index in [1.807, 2.05) is 13.1 Å². The Hall–Kier alpha value is -1.48. The van der Waals surface area contributed by atoms with Crippen LogP contribution in [-0.2, 0) is 20.1 Å². The molecule has 0 aliphatic carbocycles. The van der Waals surface area contributed by atoms with Crippen molar-refractivity contribution in [2.75, 3.05) is 0 Å². The van der Waals surface area contributed by atoms with Gasteiger partial charge in [-0.15, -0.1) is 0 Å². The molecule has 1 aromatic heterocycles. The lowest BCUT2D eigenvalue weighted by molar-refractivity contribution is 0.464. The molecule has 2 heterocycles. The van der Waals surface area contributed by atoms with Crippen molar-refractivity contribution >= 4 is 10.9 Å². The molecule has 3 rings (SSSR count). The minimum absolute atomic E-state index is 0.400. The predicted molar refractivity (Wildman–Crippen MR) is 55.1 cm³/mol. The van der Waals surface area contributed by atoms with Crippen LogP contribution in [0.15, 0.2) is 18.3 Å². The van der Waals surface area contributed by atoms with Crippen molar-refractivity contribution in [1.82, 2.24) is 9.88 Å². The van der Waals surface area contributed by atoms with Gasteiger partial charge in [-0.25, -0.2) is 0 Å². The smallest absolute Gasteiger partial charge is 0.120 e. The monoisotopic (exact) mass is 188 g/mol. The fourth-order valence-corrected chi connectivity index (χ4v) is 2.28. The summed E-state index contributed by atoms with van der Waals surface area (Å²) in [7, 11) is 2.04. The SMILES string of the molecule is Cn1cc2c3c(c(O)ccc31)CNC2. The molecule has 0 atom stereocenters. The highest BCUT2D eigenvalue weighted by Crippen LogP contribution is 2.33. The third-order valence-corrected chi connectivity index (χ3v) is 2.93. The molecule has 2 N–H and O–H groups in total. The Kier molecular flexibility index (Phi) is 1.42. The number of hydrogen-bond acceptors (Lipinski definition) is 2. The molecule has 0 fully saturated rings. The summed E-state index contributed by atoms with van der Waals surface area (Å²) in [4.78, 5) is 0. The maximum Gasteiger partial charge on any atom is 0.120 e. The summed E-state index contributed by atoms with van der Waals surface area (Å²) in [6.45, 7) is 1.66. The molecule has 0 amide bonds. The van der Waals surface area contributed by atoms with Crippen LogP contribution in [0, 0.1) is 0 Å². The average molecular weight is 188 g/mol. The van der Waals surface area contributed by atoms with Crippen molar-refractivity contribution in [2.45, 2.75) is 13.1 Å². The van der Waals surface area contributed by atoms with Crippen LogP contribution < -0.4 is 5.32 Å². The summed E-state index contributed by atoms with van der Waals surface area (Å²) < 4.78 is 2.11. The van der Waals surface area contributed by atoms with Crippen LogP contribution in [0.5, 0.6) is 5.75 Å². The Bertz CT molecular complexity index is 513. The molecule has 2 aromatic rings. The van der Waals surface area contributed by atoms with Crippen LogP contribution in [0.2, 0.25) is 0 Å². The van der Waals surface area contributed by atoms with Gasteiger partial charge in [-0.2, -0.15) is 0 Å². The van der Waals surface area contributed by atoms with E-state index in [-0.39, 0.29) is 0 Å². The minimum atomic E-state index is 0.400. The standard InChI is InChI=1S/C11H12N2O/c1-13-6-7-4-12-5-8-10(14)3-2-9(13)11(7)8/h2-3,6,12,14H,4-5H2,1H3. The second kappa shape index (κ2) is 2.51. The normalized spacial score (nSPS) is 14.9. The van der Waals surface area contributed by atoms with Gasteiger partial charge in [-0.3, -0.25) is 0 Å². The molecular weight excluding hydrogens is 176 g/mol. The maximum absolute atomic E-state index is 9.73. The summed E-state index contributed by atoms with van der Waals surface area (Å²) in [6, 6.07) is 3.75. The Morgan fingerprint density at radius 1 is 1.36 bits per heavy atom. The molecule has 0 saturated heterocycles. The van der Waals surface area contributed by atoms with Gasteiger partial charge in [-0.05, 0) is 17.7 Å². The first-order valence-electron chi connectivity index (χ1n) is 4.77. The molecule has 14 heavy (non-hydrogen) atoms. The van der Waals surface area contributed by atoms with E-state index in [4.69, 9.17) is 0 Å². The van der Waals surface area contributed by atoms with Gasteiger partial charge in [0.15, 0.2) is 0 Å². The lowest BCUT2D eigenvalue weighted by Crippen LogP contribution is -2.17. The molecule has 0 bridgehead atoms. The first-order valence-corrected chi connectivity index (χ1v) is 4.77. The number of phenols is 1. The molecule has 0 radical (unpaired) electrons. The first kappa shape index (κ1) is 7.88. The van der Waals surface area contributed by atoms with Gasteiger partial charge >= 0.3 is 0 Å². The predicted octanol–water partition coefficient (Wildman–Crippen LogP) is 1.49. The van der Waals surface area contributed by atoms with Crippen molar-refractivity contribution < 1.29 is 5.11 Å². The average Bonchev–Trinajstić information content (AvgIpc) is 2.50. The second-order valence-corrected chi connectivity index (χ2v) is 3.83. The lowest BCUT2D eigenvalue weighted by Gasteiger charge is -2.14. The van der Waals surface area contributed by atoms with E-state index in [1.54, 1.807) is 6.07 Å². The van der Waals surface area contributed by atoms with Gasteiger partial charge in [0.05, 0.1) is 0 Å². The number of hydrogen-bond donors (Lipinski definition) is 2. The Balaban J connectivity index is 2.51. The topological polar surface area (TPSA) is 37.2 Å². The van der Waals surface area contributed by atoms with Gasteiger partial charge in [0.25, 0.3) is 0 Å². The van der Waals surface area contributed by atoms with E-state index in [0.29, 0.717) is 5.75 Å². The van der Waals surface area contributed by atoms with Crippen LogP contribution >= 0.6 is 0 Å². The Morgan fingerprint density at radius 3 is 3.07 bits per heavy atom. The summed E-state index contributed by atoms with van der Waals surface area (Å²) in [5.74, 6) is 0.400. The van der Waals surface area contributed by atoms with E-state index in [2.05, 4.69) is 16.1 Å². The molecular formula is C11H12N2O. The molecule has 1 aliphatic heterocycles. The Morgan fingerprint density at radius 2 is 2.21 bits per heavy atom. The molecule has 0 saturated carbocycles. The number of nitrogens with one attached hydrogen (secondary N) is 1. The molecule has 1 aliphatic rings. The summed E-state index contributed by atoms with van der Waals surface area (Å²) in [6.07, 6.45) is 2.12. The van der Waals surface area contributed by atoms with Gasteiger partial charge in [0.2, 0.25) is 0 Å². The zero-order valence-electron chi connectivity index (χ0n) is 8.04. The molecule has 1 aromatic carbocycles. The van der Waals surface area contributed by atoms with Gasteiger partial charge in [0.1, 0.15) is 5.75 Å². The highest BCUT2D eigenvalue weighted by molar-refractivity contribution is 5.89. The first-order chi connectivity index (χ1) is 6.77. The van der Waals surface area contributed by atoms with Crippen molar-refractivity contribution in [1.29, 1.82) is 0 Å². The quantitative estimate of drug-likeness (QED) is 0.657. The highest BCUT2D eigenvalue weighted by atomic mass is 16.3. The van der Waals surface area contributed by atoms with E-state index in [9.17, 15) is 5.11 Å². The van der Waals surface area contributed by atoms with Crippen molar-refractivity contribution in [3.63, 3.8) is 0 Å². The zero-order valence-corrected chi connectivity index (χ0v) is 8.04. The fourth-order valence-electron chi connectivity index (χ4n) is 2.28. The van der Waals surface area contributed by atoms with Crippen LogP contribution in [0.3, 0.4) is 0 Å². The van der Waals surface area contributed by atoms with Gasteiger partial charge in [0, 0.05) is 42.8 Å². The zero-order chi connectivity index (χ0) is 9.71. The fraction of sp³-hybridized carbons (Fsp3) is 0.273. The van der Waals surface area contributed by atoms with E-state index >= 15 is 0 Å². The van der Waals surface area contributed by atoms with Crippen molar-refractivity contribution in [3.05, 3.63) is 29.5 Å². The number of nitrogens with zero attached hydrogens (tertiary/aromatic N) is 1. The summed E-state index contributed by atoms with van der Waals surface area (Å²) in [5, 5.41) is 14.2. The Labute approximate surface area is 82.0 Å². The third-order valence-electron chi connectivity index (χ3n) is 2.93. The number of aromatic hydroxyl groups is 1. The number of aromatic nitrogens is 1. The number of benzene rings is 1. The number of phenolic OH excluding ortho intramolecular Hbond substituents is 1. The molecule has 72 valence electrons. The molecule has 3 nitrogen and oxygen atoms in total. The lowest BCUT2D eigenvalue weighted by atomic mass is 10.0. The molecule has 0 spiro atoms. The molecule has 0 unspecified atom stereocenters. The second-order valence-electron chi connectivity index (χ2n) is 3.83. The number of rotatable bonds is 0. The van der Waals surface area contributed by atoms with Crippen LogP contribution in [0.25, 0.3) is 10.9 Å². The minimum Gasteiger partial charge on any atom is -0.508 e. The van der Waals surface area contributed by atoms with Crippen LogP contribution in [0.4, 0.5) is 0 Å². The largest absolute Gasteiger partial charge is 0.508 e. The summed E-state index contributed by atoms with van der Waals surface area (Å²) >= 11 is 0. The van der Waals surface area contributed by atoms with E-state index < -0.39 is 0 Å². The third kappa shape index (κ3) is 0.849. The van der Waals surface area contributed by atoms with E-state index in [0.717, 1.165) is 18.7 Å². The van der Waals surface area contributed by atoms with Gasteiger partial charge < -0.3 is 15.0 Å². The van der Waals surface area contributed by atoms with Crippen molar-refractivity contribution in [3.8, 4) is 5.75 Å². The number of aryl methyl sites for hydroxylation is 1. The van der Waals surface area contributed by atoms with Crippen LogP contribution in [0.1, 0.15) is 11.1 Å². The summed E-state index contributed by atoms with van der Waals surface area (Å²) in [5.41, 5.74) is 3.51. The molecule has 3 heteroatoms. The maximum atomic E-state index is 9.73. The van der Waals surface area contributed by atoms with Crippen molar-refractivity contribution in [2.24, 2.45) is 7.05 Å². The highest BCUT2D eigenvalue weighted by Gasteiger charge is 2.17. The van der Waals surface area contributed by atoms with Gasteiger partial charge in [-0.1, -0.05) is 0 Å². The van der Waals surface area contributed by atoms with Crippen LogP contribution in [-0.4, -0.2) is 9.67 Å². The van der Waals surface area contributed by atoms with E-state index in [1.165, 1.54) is 16.5 Å².